The standard InChI is InChI=1S/C16H20N2O4/c17-15(22)16(7-1-2-8-16)10-18-13(19)9-11-3-5-12(6-4-11)14(20)21/h3-6H,1-2,7-10H2,(H2,17,22)(H,18,19)(H,20,21). The number of primary amides is 1. The van der Waals surface area contributed by atoms with E-state index in [4.69, 9.17) is 10.8 Å². The SMILES string of the molecule is NC(=O)C1(CNC(=O)Cc2ccc(C(=O)O)cc2)CCCC1. The zero-order valence-electron chi connectivity index (χ0n) is 12.3. The lowest BCUT2D eigenvalue weighted by atomic mass is 9.85. The molecule has 0 aliphatic heterocycles. The summed E-state index contributed by atoms with van der Waals surface area (Å²) in [5.41, 5.74) is 5.77. The van der Waals surface area contributed by atoms with Crippen LogP contribution in [0.15, 0.2) is 24.3 Å². The van der Waals surface area contributed by atoms with Crippen LogP contribution in [-0.2, 0) is 16.0 Å². The Morgan fingerprint density at radius 3 is 2.23 bits per heavy atom. The Labute approximate surface area is 128 Å². The number of carboxylic acids is 1. The maximum atomic E-state index is 12.0. The molecule has 0 spiro atoms. The quantitative estimate of drug-likeness (QED) is 0.730. The van der Waals surface area contributed by atoms with Crippen LogP contribution in [0, 0.1) is 5.41 Å². The molecule has 1 aliphatic rings. The van der Waals surface area contributed by atoms with Crippen molar-refractivity contribution in [3.05, 3.63) is 35.4 Å². The summed E-state index contributed by atoms with van der Waals surface area (Å²) in [4.78, 5) is 34.3. The fourth-order valence-electron chi connectivity index (χ4n) is 2.84. The lowest BCUT2D eigenvalue weighted by molar-refractivity contribution is -0.128. The van der Waals surface area contributed by atoms with Gasteiger partial charge in [-0.25, -0.2) is 4.79 Å². The van der Waals surface area contributed by atoms with Crippen molar-refractivity contribution in [2.75, 3.05) is 6.54 Å². The number of carbonyl (C=O) groups excluding carboxylic acids is 2. The van der Waals surface area contributed by atoms with Crippen molar-refractivity contribution < 1.29 is 19.5 Å². The van der Waals surface area contributed by atoms with Gasteiger partial charge in [-0.1, -0.05) is 25.0 Å². The van der Waals surface area contributed by atoms with Crippen LogP contribution in [0.25, 0.3) is 0 Å². The smallest absolute Gasteiger partial charge is 0.335 e. The Morgan fingerprint density at radius 1 is 1.14 bits per heavy atom. The monoisotopic (exact) mass is 304 g/mol. The maximum absolute atomic E-state index is 12.0. The summed E-state index contributed by atoms with van der Waals surface area (Å²) in [7, 11) is 0. The highest BCUT2D eigenvalue weighted by Crippen LogP contribution is 2.37. The Hall–Kier alpha value is -2.37. The van der Waals surface area contributed by atoms with Gasteiger partial charge in [-0.2, -0.15) is 0 Å². The summed E-state index contributed by atoms with van der Waals surface area (Å²) >= 11 is 0. The van der Waals surface area contributed by atoms with E-state index < -0.39 is 11.4 Å². The molecule has 22 heavy (non-hydrogen) atoms. The van der Waals surface area contributed by atoms with Gasteiger partial charge in [-0.15, -0.1) is 0 Å². The molecular formula is C16H20N2O4. The highest BCUT2D eigenvalue weighted by molar-refractivity contribution is 5.88. The van der Waals surface area contributed by atoms with E-state index in [2.05, 4.69) is 5.32 Å². The van der Waals surface area contributed by atoms with Gasteiger partial charge in [0.15, 0.2) is 0 Å². The van der Waals surface area contributed by atoms with Gasteiger partial charge in [-0.05, 0) is 30.5 Å². The second kappa shape index (κ2) is 6.60. The van der Waals surface area contributed by atoms with Crippen LogP contribution in [0.2, 0.25) is 0 Å². The first-order valence-corrected chi connectivity index (χ1v) is 7.32. The van der Waals surface area contributed by atoms with E-state index in [1.807, 2.05) is 0 Å². The van der Waals surface area contributed by atoms with Crippen LogP contribution >= 0.6 is 0 Å². The zero-order chi connectivity index (χ0) is 16.2. The summed E-state index contributed by atoms with van der Waals surface area (Å²) in [6.45, 7) is 0.272. The van der Waals surface area contributed by atoms with Gasteiger partial charge in [-0.3, -0.25) is 9.59 Å². The number of nitrogens with two attached hydrogens (primary N) is 1. The number of hydrogen-bond acceptors (Lipinski definition) is 3. The van der Waals surface area contributed by atoms with Crippen molar-refractivity contribution in [3.8, 4) is 0 Å². The molecule has 1 aromatic carbocycles. The van der Waals surface area contributed by atoms with Gasteiger partial charge < -0.3 is 16.2 Å². The highest BCUT2D eigenvalue weighted by atomic mass is 16.4. The zero-order valence-corrected chi connectivity index (χ0v) is 12.3. The molecule has 0 radical (unpaired) electrons. The summed E-state index contributed by atoms with van der Waals surface area (Å²) < 4.78 is 0. The molecule has 1 aromatic rings. The molecule has 1 fully saturated rings. The van der Waals surface area contributed by atoms with Gasteiger partial charge in [0.05, 0.1) is 17.4 Å². The van der Waals surface area contributed by atoms with Crippen molar-refractivity contribution >= 4 is 17.8 Å². The number of amides is 2. The number of benzene rings is 1. The summed E-state index contributed by atoms with van der Waals surface area (Å²) in [6.07, 6.45) is 3.49. The van der Waals surface area contributed by atoms with Crippen LogP contribution in [0.4, 0.5) is 0 Å². The molecule has 118 valence electrons. The van der Waals surface area contributed by atoms with Gasteiger partial charge in [0, 0.05) is 6.54 Å². The van der Waals surface area contributed by atoms with E-state index >= 15 is 0 Å². The first kappa shape index (κ1) is 16.0. The molecule has 1 saturated carbocycles. The first-order valence-electron chi connectivity index (χ1n) is 7.32. The highest BCUT2D eigenvalue weighted by Gasteiger charge is 2.39. The second-order valence-corrected chi connectivity index (χ2v) is 5.81. The van der Waals surface area contributed by atoms with E-state index in [0.29, 0.717) is 0 Å². The molecule has 2 rings (SSSR count). The summed E-state index contributed by atoms with van der Waals surface area (Å²) in [5, 5.41) is 11.6. The van der Waals surface area contributed by atoms with Crippen molar-refractivity contribution in [1.29, 1.82) is 0 Å². The minimum atomic E-state index is -0.999. The van der Waals surface area contributed by atoms with E-state index in [1.165, 1.54) is 12.1 Å². The third-order valence-corrected chi connectivity index (χ3v) is 4.27. The van der Waals surface area contributed by atoms with Crippen molar-refractivity contribution in [2.24, 2.45) is 11.1 Å². The molecule has 1 aliphatic carbocycles. The Kier molecular flexibility index (Phi) is 4.80. The predicted molar refractivity (Wildman–Crippen MR) is 80.2 cm³/mol. The van der Waals surface area contributed by atoms with E-state index in [0.717, 1.165) is 31.2 Å². The topological polar surface area (TPSA) is 109 Å². The van der Waals surface area contributed by atoms with Crippen molar-refractivity contribution in [2.45, 2.75) is 32.1 Å². The fraction of sp³-hybridized carbons (Fsp3) is 0.438. The Bertz CT molecular complexity index is 574. The molecular weight excluding hydrogens is 284 g/mol. The summed E-state index contributed by atoms with van der Waals surface area (Å²) in [6, 6.07) is 6.16. The van der Waals surface area contributed by atoms with Crippen LogP contribution in [0.3, 0.4) is 0 Å². The molecule has 0 atom stereocenters. The molecule has 0 aromatic heterocycles. The fourth-order valence-corrected chi connectivity index (χ4v) is 2.84. The molecule has 6 nitrogen and oxygen atoms in total. The van der Waals surface area contributed by atoms with Crippen LogP contribution in [-0.4, -0.2) is 29.4 Å². The maximum Gasteiger partial charge on any atom is 0.335 e. The number of carbonyl (C=O) groups is 3. The van der Waals surface area contributed by atoms with Crippen molar-refractivity contribution in [3.63, 3.8) is 0 Å². The summed E-state index contributed by atoms with van der Waals surface area (Å²) in [5.74, 6) is -1.55. The average Bonchev–Trinajstić information content (AvgIpc) is 2.96. The number of hydrogen-bond donors (Lipinski definition) is 3. The number of rotatable bonds is 6. The minimum Gasteiger partial charge on any atom is -0.478 e. The second-order valence-electron chi connectivity index (χ2n) is 5.81. The minimum absolute atomic E-state index is 0.148. The number of nitrogens with one attached hydrogen (secondary N) is 1. The Morgan fingerprint density at radius 2 is 1.73 bits per heavy atom. The van der Waals surface area contributed by atoms with Gasteiger partial charge in [0.2, 0.25) is 11.8 Å². The molecule has 0 unspecified atom stereocenters. The predicted octanol–water partition coefficient (Wildman–Crippen LogP) is 1.09. The molecule has 0 heterocycles. The third-order valence-electron chi connectivity index (χ3n) is 4.27. The van der Waals surface area contributed by atoms with Crippen LogP contribution in [0.1, 0.15) is 41.6 Å². The Balaban J connectivity index is 1.90. The van der Waals surface area contributed by atoms with Crippen molar-refractivity contribution in [1.82, 2.24) is 5.32 Å². The normalized spacial score (nSPS) is 16.2. The van der Waals surface area contributed by atoms with Crippen LogP contribution in [0.5, 0.6) is 0 Å². The van der Waals surface area contributed by atoms with E-state index in [1.54, 1.807) is 12.1 Å². The molecule has 0 bridgehead atoms. The average molecular weight is 304 g/mol. The van der Waals surface area contributed by atoms with E-state index in [9.17, 15) is 14.4 Å². The molecule has 2 amide bonds. The molecule has 6 heteroatoms. The lowest BCUT2D eigenvalue weighted by Gasteiger charge is -2.25. The number of aromatic carboxylic acids is 1. The molecule has 0 saturated heterocycles. The van der Waals surface area contributed by atoms with Gasteiger partial charge in [0.1, 0.15) is 0 Å². The lowest BCUT2D eigenvalue weighted by Crippen LogP contribution is -2.45. The van der Waals surface area contributed by atoms with E-state index in [-0.39, 0.29) is 30.3 Å². The first-order chi connectivity index (χ1) is 10.4. The number of carboxylic acid groups (broad SMARTS) is 1. The van der Waals surface area contributed by atoms with Gasteiger partial charge in [0.25, 0.3) is 0 Å². The third kappa shape index (κ3) is 3.63. The molecule has 4 N–H and O–H groups in total. The van der Waals surface area contributed by atoms with Crippen LogP contribution < -0.4 is 11.1 Å². The largest absolute Gasteiger partial charge is 0.478 e. The van der Waals surface area contributed by atoms with Gasteiger partial charge >= 0.3 is 5.97 Å².